The lowest BCUT2D eigenvalue weighted by molar-refractivity contribution is 0.0284. The number of likely N-dealkylation sites (tertiary alicyclic amines) is 1. The molecule has 1 aromatic rings. The Kier molecular flexibility index (Phi) is 3.78. The zero-order valence-electron chi connectivity index (χ0n) is 12.8. The Bertz CT molecular complexity index is 490. The minimum Gasteiger partial charge on any atom is -0.444 e. The summed E-state index contributed by atoms with van der Waals surface area (Å²) in [6, 6.07) is 8.21. The Morgan fingerprint density at radius 3 is 2.45 bits per heavy atom. The molecule has 0 radical (unpaired) electrons. The normalized spacial score (nSPS) is 22.9. The zero-order chi connectivity index (χ0) is 15.0. The van der Waals surface area contributed by atoms with Gasteiger partial charge in [0.25, 0.3) is 0 Å². The number of nitrogens with two attached hydrogens (primary N) is 1. The van der Waals surface area contributed by atoms with E-state index in [4.69, 9.17) is 10.5 Å². The maximum atomic E-state index is 12.1. The van der Waals surface area contributed by atoms with E-state index in [1.54, 1.807) is 4.90 Å². The molecular weight excluding hydrogens is 252 g/mol. The predicted molar refractivity (Wildman–Crippen MR) is 79.5 cm³/mol. The first kappa shape index (κ1) is 14.9. The third-order valence-corrected chi connectivity index (χ3v) is 3.58. The molecule has 0 spiro atoms. The molecule has 1 aliphatic rings. The molecule has 1 unspecified atom stereocenters. The summed E-state index contributed by atoms with van der Waals surface area (Å²) in [4.78, 5) is 13.8. The van der Waals surface area contributed by atoms with Crippen LogP contribution in [0, 0.1) is 6.92 Å². The molecule has 110 valence electrons. The molecule has 1 amide bonds. The molecule has 20 heavy (non-hydrogen) atoms. The quantitative estimate of drug-likeness (QED) is 0.858. The van der Waals surface area contributed by atoms with E-state index in [-0.39, 0.29) is 6.09 Å². The van der Waals surface area contributed by atoms with Crippen LogP contribution in [-0.2, 0) is 10.3 Å². The molecule has 1 saturated heterocycles. The van der Waals surface area contributed by atoms with Crippen LogP contribution in [0.4, 0.5) is 4.79 Å². The lowest BCUT2D eigenvalue weighted by Crippen LogP contribution is -2.42. The summed E-state index contributed by atoms with van der Waals surface area (Å²) in [6.07, 6.45) is 0.479. The highest BCUT2D eigenvalue weighted by Crippen LogP contribution is 2.30. The fourth-order valence-corrected chi connectivity index (χ4v) is 2.44. The van der Waals surface area contributed by atoms with Gasteiger partial charge in [-0.05, 0) is 39.7 Å². The first-order valence-electron chi connectivity index (χ1n) is 7.04. The third-order valence-electron chi connectivity index (χ3n) is 3.58. The second kappa shape index (κ2) is 5.09. The van der Waals surface area contributed by atoms with Gasteiger partial charge in [-0.3, -0.25) is 0 Å². The van der Waals surface area contributed by atoms with Gasteiger partial charge >= 0.3 is 6.09 Å². The second-order valence-corrected chi connectivity index (χ2v) is 6.67. The maximum absolute atomic E-state index is 12.1. The van der Waals surface area contributed by atoms with Crippen molar-refractivity contribution in [3.63, 3.8) is 0 Å². The summed E-state index contributed by atoms with van der Waals surface area (Å²) < 4.78 is 5.40. The van der Waals surface area contributed by atoms with E-state index < -0.39 is 11.1 Å². The van der Waals surface area contributed by atoms with Crippen LogP contribution < -0.4 is 5.73 Å². The van der Waals surface area contributed by atoms with Crippen LogP contribution in [-0.4, -0.2) is 29.7 Å². The second-order valence-electron chi connectivity index (χ2n) is 6.67. The number of aryl methyl sites for hydroxylation is 1. The smallest absolute Gasteiger partial charge is 0.410 e. The van der Waals surface area contributed by atoms with Gasteiger partial charge in [0, 0.05) is 13.1 Å². The summed E-state index contributed by atoms with van der Waals surface area (Å²) in [7, 11) is 0. The summed E-state index contributed by atoms with van der Waals surface area (Å²) in [5, 5.41) is 0. The van der Waals surface area contributed by atoms with Crippen molar-refractivity contribution in [3.05, 3.63) is 35.4 Å². The summed E-state index contributed by atoms with van der Waals surface area (Å²) in [5.74, 6) is 0. The van der Waals surface area contributed by atoms with Gasteiger partial charge in [0.2, 0.25) is 0 Å². The average Bonchev–Trinajstić information content (AvgIpc) is 2.72. The summed E-state index contributed by atoms with van der Waals surface area (Å²) in [6.45, 7) is 8.81. The fourth-order valence-electron chi connectivity index (χ4n) is 2.44. The largest absolute Gasteiger partial charge is 0.444 e. The monoisotopic (exact) mass is 276 g/mol. The van der Waals surface area contributed by atoms with Crippen molar-refractivity contribution in [2.75, 3.05) is 13.1 Å². The van der Waals surface area contributed by atoms with E-state index in [2.05, 4.69) is 19.1 Å². The molecule has 1 aliphatic heterocycles. The highest BCUT2D eigenvalue weighted by atomic mass is 16.6. The van der Waals surface area contributed by atoms with Crippen LogP contribution in [0.25, 0.3) is 0 Å². The number of hydrogen-bond donors (Lipinski definition) is 1. The highest BCUT2D eigenvalue weighted by Gasteiger charge is 2.39. The standard InChI is InChI=1S/C16H24N2O2/c1-12-5-7-13(8-6-12)16(17)9-10-18(11-16)14(19)20-15(2,3)4/h5-8H,9-11,17H2,1-4H3. The van der Waals surface area contributed by atoms with Gasteiger partial charge in [0.05, 0.1) is 5.54 Å². The van der Waals surface area contributed by atoms with Crippen molar-refractivity contribution in [1.82, 2.24) is 4.90 Å². The van der Waals surface area contributed by atoms with E-state index in [0.29, 0.717) is 13.1 Å². The third kappa shape index (κ3) is 3.31. The minimum atomic E-state index is -0.471. The molecule has 1 fully saturated rings. The molecule has 2 N–H and O–H groups in total. The maximum Gasteiger partial charge on any atom is 0.410 e. The fraction of sp³-hybridized carbons (Fsp3) is 0.562. The molecule has 4 nitrogen and oxygen atoms in total. The van der Waals surface area contributed by atoms with Crippen LogP contribution in [0.15, 0.2) is 24.3 Å². The number of benzene rings is 1. The van der Waals surface area contributed by atoms with E-state index in [9.17, 15) is 4.79 Å². The van der Waals surface area contributed by atoms with Crippen molar-refractivity contribution >= 4 is 6.09 Å². The summed E-state index contributed by atoms with van der Waals surface area (Å²) in [5.41, 5.74) is 7.82. The molecular formula is C16H24N2O2. The Morgan fingerprint density at radius 2 is 1.90 bits per heavy atom. The Morgan fingerprint density at radius 1 is 1.30 bits per heavy atom. The predicted octanol–water partition coefficient (Wildman–Crippen LogP) is 2.79. The zero-order valence-corrected chi connectivity index (χ0v) is 12.8. The Labute approximate surface area is 120 Å². The topological polar surface area (TPSA) is 55.6 Å². The summed E-state index contributed by atoms with van der Waals surface area (Å²) >= 11 is 0. The molecule has 1 atom stereocenters. The van der Waals surface area contributed by atoms with Crippen molar-refractivity contribution in [2.45, 2.75) is 45.3 Å². The van der Waals surface area contributed by atoms with E-state index in [1.807, 2.05) is 32.9 Å². The van der Waals surface area contributed by atoms with Crippen molar-refractivity contribution < 1.29 is 9.53 Å². The molecule has 0 bridgehead atoms. The van der Waals surface area contributed by atoms with Gasteiger partial charge in [-0.15, -0.1) is 0 Å². The molecule has 0 aromatic heterocycles. The minimum absolute atomic E-state index is 0.281. The van der Waals surface area contributed by atoms with Crippen molar-refractivity contribution in [3.8, 4) is 0 Å². The number of nitrogens with zero attached hydrogens (tertiary/aromatic N) is 1. The van der Waals surface area contributed by atoms with Crippen LogP contribution >= 0.6 is 0 Å². The number of ether oxygens (including phenoxy) is 1. The lowest BCUT2D eigenvalue weighted by Gasteiger charge is -2.27. The highest BCUT2D eigenvalue weighted by molar-refractivity contribution is 5.69. The van der Waals surface area contributed by atoms with Crippen molar-refractivity contribution in [1.29, 1.82) is 0 Å². The molecule has 2 rings (SSSR count). The van der Waals surface area contributed by atoms with Gasteiger partial charge in [-0.2, -0.15) is 0 Å². The molecule has 0 saturated carbocycles. The molecule has 4 heteroatoms. The number of carbonyl (C=O) groups is 1. The lowest BCUT2D eigenvalue weighted by atomic mass is 9.90. The van der Waals surface area contributed by atoms with E-state index in [1.165, 1.54) is 5.56 Å². The number of hydrogen-bond acceptors (Lipinski definition) is 3. The SMILES string of the molecule is Cc1ccc(C2(N)CCN(C(=O)OC(C)(C)C)C2)cc1. The van der Waals surface area contributed by atoms with Gasteiger partial charge in [0.1, 0.15) is 5.60 Å². The molecule has 1 aromatic carbocycles. The van der Waals surface area contributed by atoms with Crippen LogP contribution in [0.1, 0.15) is 38.3 Å². The number of carbonyl (C=O) groups excluding carboxylic acids is 1. The first-order chi connectivity index (χ1) is 9.20. The van der Waals surface area contributed by atoms with Crippen LogP contribution in [0.2, 0.25) is 0 Å². The van der Waals surface area contributed by atoms with Crippen LogP contribution in [0.5, 0.6) is 0 Å². The number of rotatable bonds is 1. The van der Waals surface area contributed by atoms with Crippen LogP contribution in [0.3, 0.4) is 0 Å². The average molecular weight is 276 g/mol. The molecule has 1 heterocycles. The van der Waals surface area contributed by atoms with Gasteiger partial charge in [-0.25, -0.2) is 4.79 Å². The van der Waals surface area contributed by atoms with E-state index in [0.717, 1.165) is 12.0 Å². The van der Waals surface area contributed by atoms with Gasteiger partial charge in [-0.1, -0.05) is 29.8 Å². The first-order valence-corrected chi connectivity index (χ1v) is 7.04. The van der Waals surface area contributed by atoms with E-state index >= 15 is 0 Å². The van der Waals surface area contributed by atoms with Gasteiger partial charge < -0.3 is 15.4 Å². The Hall–Kier alpha value is -1.55. The van der Waals surface area contributed by atoms with Gasteiger partial charge in [0.15, 0.2) is 0 Å². The van der Waals surface area contributed by atoms with Crippen molar-refractivity contribution in [2.24, 2.45) is 5.73 Å². The number of amides is 1. The molecule has 0 aliphatic carbocycles. The Balaban J connectivity index is 2.07.